The Morgan fingerprint density at radius 3 is 2.88 bits per heavy atom. The molecule has 1 unspecified atom stereocenters. The molecule has 1 fully saturated rings. The first kappa shape index (κ1) is 11.2. The lowest BCUT2D eigenvalue weighted by Crippen LogP contribution is -2.41. The molecule has 1 aromatic rings. The third-order valence-electron chi connectivity index (χ3n) is 4.15. The lowest BCUT2D eigenvalue weighted by molar-refractivity contribution is 0.203. The van der Waals surface area contributed by atoms with Gasteiger partial charge < -0.3 is 4.90 Å². The van der Waals surface area contributed by atoms with Crippen molar-refractivity contribution in [3.05, 3.63) is 23.9 Å². The third kappa shape index (κ3) is 1.62. The molecular formula is C13H18N2OS. The fourth-order valence-corrected chi connectivity index (χ4v) is 5.56. The van der Waals surface area contributed by atoms with E-state index in [1.807, 2.05) is 6.07 Å². The molecule has 1 saturated heterocycles. The van der Waals surface area contributed by atoms with Gasteiger partial charge in [-0.15, -0.1) is 0 Å². The number of aromatic nitrogens is 1. The van der Waals surface area contributed by atoms with E-state index >= 15 is 0 Å². The highest BCUT2D eigenvalue weighted by molar-refractivity contribution is 8.00. The van der Waals surface area contributed by atoms with Crippen LogP contribution < -0.4 is 0 Å². The molecule has 0 aliphatic carbocycles. The van der Waals surface area contributed by atoms with E-state index in [1.54, 1.807) is 6.20 Å². The van der Waals surface area contributed by atoms with Gasteiger partial charge in [0.25, 0.3) is 0 Å². The summed E-state index contributed by atoms with van der Waals surface area (Å²) in [6.45, 7) is 2.15. The topological polar surface area (TPSA) is 33.2 Å². The standard InChI is InChI=1S/C13H18N2OS/c1-15-8-5-13(6-9-15)10-17(2,16)12-11(13)4-3-7-14-12/h3-4,7H,2,5-6,8-10H2,1H3. The highest BCUT2D eigenvalue weighted by atomic mass is 32.2. The Hall–Kier alpha value is -0.870. The van der Waals surface area contributed by atoms with Gasteiger partial charge in [0.05, 0.1) is 0 Å². The van der Waals surface area contributed by atoms with Gasteiger partial charge in [0.1, 0.15) is 5.03 Å². The van der Waals surface area contributed by atoms with Crippen LogP contribution in [0.15, 0.2) is 23.4 Å². The third-order valence-corrected chi connectivity index (χ3v) is 6.20. The van der Waals surface area contributed by atoms with Gasteiger partial charge in [-0.2, -0.15) is 0 Å². The molecule has 0 N–H and O–H groups in total. The fourth-order valence-electron chi connectivity index (χ4n) is 3.14. The Bertz CT molecular complexity index is 542. The van der Waals surface area contributed by atoms with Gasteiger partial charge in [0, 0.05) is 26.9 Å². The molecule has 17 heavy (non-hydrogen) atoms. The number of hydrogen-bond donors (Lipinski definition) is 0. The molecule has 1 atom stereocenters. The molecule has 3 rings (SSSR count). The van der Waals surface area contributed by atoms with Crippen molar-refractivity contribution < 1.29 is 4.21 Å². The summed E-state index contributed by atoms with van der Waals surface area (Å²) < 4.78 is 12.6. The van der Waals surface area contributed by atoms with Crippen LogP contribution in [0, 0.1) is 0 Å². The van der Waals surface area contributed by atoms with E-state index in [4.69, 9.17) is 0 Å². The summed E-state index contributed by atoms with van der Waals surface area (Å²) in [5, 5.41) is 0.768. The molecule has 2 aliphatic rings. The largest absolute Gasteiger partial charge is 0.306 e. The molecule has 1 aromatic heterocycles. The van der Waals surface area contributed by atoms with Gasteiger partial charge in [-0.05, 0) is 50.5 Å². The maximum absolute atomic E-state index is 12.6. The number of fused-ring (bicyclic) bond motifs is 2. The number of nitrogens with zero attached hydrogens (tertiary/aromatic N) is 2. The smallest absolute Gasteiger partial charge is 0.122 e. The Balaban J connectivity index is 2.11. The summed E-state index contributed by atoms with van der Waals surface area (Å²) in [5.41, 5.74) is 1.28. The van der Waals surface area contributed by atoms with Crippen molar-refractivity contribution in [1.82, 2.24) is 9.88 Å². The van der Waals surface area contributed by atoms with Crippen molar-refractivity contribution in [1.29, 1.82) is 0 Å². The summed E-state index contributed by atoms with van der Waals surface area (Å²) in [5.74, 6) is 4.63. The summed E-state index contributed by atoms with van der Waals surface area (Å²) in [7, 11) is -0.0144. The molecule has 0 bridgehead atoms. The number of rotatable bonds is 0. The van der Waals surface area contributed by atoms with Gasteiger partial charge in [-0.25, -0.2) is 4.98 Å². The van der Waals surface area contributed by atoms with E-state index in [0.29, 0.717) is 5.75 Å². The Kier molecular flexibility index (Phi) is 2.35. The molecule has 0 amide bonds. The molecule has 2 aliphatic heterocycles. The average Bonchev–Trinajstić information content (AvgIpc) is 2.53. The van der Waals surface area contributed by atoms with Crippen LogP contribution in [0.5, 0.6) is 0 Å². The van der Waals surface area contributed by atoms with Crippen molar-refractivity contribution >= 4 is 15.4 Å². The predicted octanol–water partition coefficient (Wildman–Crippen LogP) is 1.13. The summed E-state index contributed by atoms with van der Waals surface area (Å²) in [6, 6.07) is 4.06. The highest BCUT2D eigenvalue weighted by Gasteiger charge is 2.46. The monoisotopic (exact) mass is 250 g/mol. The fraction of sp³-hybridized carbons (Fsp3) is 0.538. The Morgan fingerprint density at radius 1 is 1.47 bits per heavy atom. The van der Waals surface area contributed by atoms with Gasteiger partial charge in [0.2, 0.25) is 0 Å². The van der Waals surface area contributed by atoms with Crippen LogP contribution in [0.3, 0.4) is 0 Å². The van der Waals surface area contributed by atoms with Crippen molar-refractivity contribution in [2.24, 2.45) is 0 Å². The molecule has 0 radical (unpaired) electrons. The van der Waals surface area contributed by atoms with E-state index in [2.05, 4.69) is 28.9 Å². The van der Waals surface area contributed by atoms with E-state index in [-0.39, 0.29) is 5.41 Å². The first-order chi connectivity index (χ1) is 8.04. The number of likely N-dealkylation sites (tertiary alicyclic amines) is 1. The van der Waals surface area contributed by atoms with E-state index in [9.17, 15) is 4.21 Å². The highest BCUT2D eigenvalue weighted by Crippen LogP contribution is 2.45. The van der Waals surface area contributed by atoms with Gasteiger partial charge in [0.15, 0.2) is 0 Å². The van der Waals surface area contributed by atoms with Crippen LogP contribution in [0.4, 0.5) is 0 Å². The number of pyridine rings is 1. The second-order valence-corrected chi connectivity index (χ2v) is 7.69. The zero-order valence-corrected chi connectivity index (χ0v) is 11.0. The van der Waals surface area contributed by atoms with Gasteiger partial charge in [-0.1, -0.05) is 6.07 Å². The Morgan fingerprint density at radius 2 is 2.18 bits per heavy atom. The van der Waals surface area contributed by atoms with Crippen molar-refractivity contribution in [3.63, 3.8) is 0 Å². The summed E-state index contributed by atoms with van der Waals surface area (Å²) in [4.78, 5) is 6.67. The minimum absolute atomic E-state index is 0.0783. The van der Waals surface area contributed by atoms with E-state index < -0.39 is 9.52 Å². The zero-order valence-electron chi connectivity index (χ0n) is 10.2. The number of piperidine rings is 1. The first-order valence-corrected chi connectivity index (χ1v) is 7.92. The van der Waals surface area contributed by atoms with Crippen molar-refractivity contribution in [2.45, 2.75) is 23.3 Å². The predicted molar refractivity (Wildman–Crippen MR) is 71.0 cm³/mol. The van der Waals surface area contributed by atoms with Gasteiger partial charge >= 0.3 is 0 Å². The van der Waals surface area contributed by atoms with E-state index in [0.717, 1.165) is 31.0 Å². The lowest BCUT2D eigenvalue weighted by atomic mass is 9.75. The van der Waals surface area contributed by atoms with Crippen LogP contribution in [-0.2, 0) is 14.9 Å². The maximum atomic E-state index is 12.6. The van der Waals surface area contributed by atoms with Crippen LogP contribution in [-0.4, -0.2) is 45.9 Å². The second-order valence-electron chi connectivity index (χ2n) is 5.40. The normalized spacial score (nSPS) is 31.6. The van der Waals surface area contributed by atoms with Crippen LogP contribution in [0.1, 0.15) is 18.4 Å². The van der Waals surface area contributed by atoms with Crippen LogP contribution >= 0.6 is 0 Å². The van der Waals surface area contributed by atoms with Crippen molar-refractivity contribution in [2.75, 3.05) is 25.9 Å². The lowest BCUT2D eigenvalue weighted by Gasteiger charge is -2.37. The van der Waals surface area contributed by atoms with Crippen LogP contribution in [0.25, 0.3) is 0 Å². The first-order valence-electron chi connectivity index (χ1n) is 6.03. The second kappa shape index (κ2) is 3.56. The van der Waals surface area contributed by atoms with Crippen LogP contribution in [0.2, 0.25) is 0 Å². The SMILES string of the molecule is C=S1(=O)CC2(CCN(C)CC2)c2cccnc21. The molecule has 3 nitrogen and oxygen atoms in total. The van der Waals surface area contributed by atoms with Crippen molar-refractivity contribution in [3.8, 4) is 0 Å². The number of hydrogen-bond acceptors (Lipinski definition) is 3. The quantitative estimate of drug-likeness (QED) is 0.647. The minimum Gasteiger partial charge on any atom is -0.306 e. The molecule has 92 valence electrons. The van der Waals surface area contributed by atoms with Gasteiger partial charge in [-0.3, -0.25) is 4.21 Å². The summed E-state index contributed by atoms with van der Waals surface area (Å²) >= 11 is 0. The molecule has 1 spiro atoms. The molecular weight excluding hydrogens is 232 g/mol. The molecule has 0 saturated carbocycles. The summed E-state index contributed by atoms with van der Waals surface area (Å²) in [6.07, 6.45) is 3.89. The molecule has 0 aromatic carbocycles. The Labute approximate surface area is 103 Å². The molecule has 4 heteroatoms. The minimum atomic E-state index is -2.16. The average molecular weight is 250 g/mol. The van der Waals surface area contributed by atoms with E-state index in [1.165, 1.54) is 5.56 Å². The maximum Gasteiger partial charge on any atom is 0.122 e. The zero-order chi connectivity index (χ0) is 12.1. The molecule has 3 heterocycles.